The first-order chi connectivity index (χ1) is 9.86. The van der Waals surface area contributed by atoms with E-state index in [9.17, 15) is 22.3 Å². The Balaban J connectivity index is 2.25. The van der Waals surface area contributed by atoms with Gasteiger partial charge in [0.25, 0.3) is 0 Å². The zero-order valence-corrected chi connectivity index (χ0v) is 12.7. The Morgan fingerprint density at radius 1 is 1.29 bits per heavy atom. The predicted octanol–water partition coefficient (Wildman–Crippen LogP) is 2.14. The fraction of sp³-hybridized carbons (Fsp3) is 0.571. The van der Waals surface area contributed by atoms with Crippen LogP contribution in [0.1, 0.15) is 26.2 Å². The lowest BCUT2D eigenvalue weighted by Crippen LogP contribution is -2.44. The fourth-order valence-corrected chi connectivity index (χ4v) is 4.16. The number of benzene rings is 1. The number of aliphatic hydroxyl groups is 1. The van der Waals surface area contributed by atoms with Gasteiger partial charge in [0.05, 0.1) is 0 Å². The number of aliphatic hydroxyl groups excluding tert-OH is 1. The van der Waals surface area contributed by atoms with Gasteiger partial charge in [-0.3, -0.25) is 0 Å². The van der Waals surface area contributed by atoms with Gasteiger partial charge in [-0.15, -0.1) is 0 Å². The molecule has 1 fully saturated rings. The van der Waals surface area contributed by atoms with E-state index >= 15 is 0 Å². The van der Waals surface area contributed by atoms with Gasteiger partial charge in [-0.1, -0.05) is 13.0 Å². The van der Waals surface area contributed by atoms with E-state index in [1.54, 1.807) is 0 Å². The van der Waals surface area contributed by atoms with Crippen molar-refractivity contribution in [2.75, 3.05) is 19.7 Å². The van der Waals surface area contributed by atoms with Crippen molar-refractivity contribution in [2.24, 2.45) is 5.41 Å². The first-order valence-electron chi connectivity index (χ1n) is 6.91. The number of halogens is 2. The number of hydrogen-bond acceptors (Lipinski definition) is 3. The van der Waals surface area contributed by atoms with Crippen LogP contribution in [0.3, 0.4) is 0 Å². The summed E-state index contributed by atoms with van der Waals surface area (Å²) in [7, 11) is -4.05. The molecule has 0 amide bonds. The standard InChI is InChI=1S/C14H19F2NO3S/c1-2-14(10-18)6-8-17(9-7-14)21(19,20)12-5-3-4-11(15)13(12)16/h3-5,18H,2,6-10H2,1H3. The summed E-state index contributed by atoms with van der Waals surface area (Å²) in [4.78, 5) is -0.629. The minimum atomic E-state index is -4.05. The van der Waals surface area contributed by atoms with Crippen LogP contribution in [0.25, 0.3) is 0 Å². The molecule has 1 aliphatic rings. The SMILES string of the molecule is CCC1(CO)CCN(S(=O)(=O)c2cccc(F)c2F)CC1. The second-order valence-corrected chi connectivity index (χ2v) is 7.37. The average molecular weight is 319 g/mol. The van der Waals surface area contributed by atoms with E-state index in [1.807, 2.05) is 6.92 Å². The third-order valence-corrected chi connectivity index (χ3v) is 6.32. The van der Waals surface area contributed by atoms with Crippen LogP contribution in [0.5, 0.6) is 0 Å². The molecular weight excluding hydrogens is 300 g/mol. The van der Waals surface area contributed by atoms with E-state index in [0.29, 0.717) is 12.8 Å². The van der Waals surface area contributed by atoms with Crippen LogP contribution in [0.4, 0.5) is 8.78 Å². The summed E-state index contributed by atoms with van der Waals surface area (Å²) >= 11 is 0. The summed E-state index contributed by atoms with van der Waals surface area (Å²) in [5, 5.41) is 9.45. The van der Waals surface area contributed by atoms with Gasteiger partial charge < -0.3 is 5.11 Å². The summed E-state index contributed by atoms with van der Waals surface area (Å²) in [5.74, 6) is -2.52. The van der Waals surface area contributed by atoms with E-state index in [1.165, 1.54) is 6.07 Å². The van der Waals surface area contributed by atoms with Gasteiger partial charge in [0.2, 0.25) is 10.0 Å². The molecule has 1 aliphatic heterocycles. The maximum absolute atomic E-state index is 13.7. The summed E-state index contributed by atoms with van der Waals surface area (Å²) < 4.78 is 52.9. The Hall–Kier alpha value is -1.05. The molecule has 0 aliphatic carbocycles. The second kappa shape index (κ2) is 5.98. The minimum Gasteiger partial charge on any atom is -0.396 e. The second-order valence-electron chi connectivity index (χ2n) is 5.47. The van der Waals surface area contributed by atoms with Crippen molar-refractivity contribution >= 4 is 10.0 Å². The molecule has 0 aromatic heterocycles. The number of sulfonamides is 1. The minimum absolute atomic E-state index is 0.00567. The number of rotatable bonds is 4. The van der Waals surface area contributed by atoms with Crippen LogP contribution in [0, 0.1) is 17.0 Å². The molecule has 1 aromatic carbocycles. The molecule has 4 nitrogen and oxygen atoms in total. The molecule has 0 bridgehead atoms. The van der Waals surface area contributed by atoms with Crippen LogP contribution in [-0.4, -0.2) is 37.5 Å². The van der Waals surface area contributed by atoms with E-state index < -0.39 is 26.6 Å². The van der Waals surface area contributed by atoms with Crippen LogP contribution in [0.15, 0.2) is 23.1 Å². The van der Waals surface area contributed by atoms with Gasteiger partial charge >= 0.3 is 0 Å². The van der Waals surface area contributed by atoms with Crippen molar-refractivity contribution in [3.63, 3.8) is 0 Å². The number of nitrogens with zero attached hydrogens (tertiary/aromatic N) is 1. The highest BCUT2D eigenvalue weighted by molar-refractivity contribution is 7.89. The average Bonchev–Trinajstić information content (AvgIpc) is 2.50. The largest absolute Gasteiger partial charge is 0.396 e. The molecule has 0 radical (unpaired) electrons. The Morgan fingerprint density at radius 3 is 2.43 bits per heavy atom. The van der Waals surface area contributed by atoms with Gasteiger partial charge in [0, 0.05) is 19.7 Å². The first-order valence-corrected chi connectivity index (χ1v) is 8.35. The zero-order valence-electron chi connectivity index (χ0n) is 11.8. The third kappa shape index (κ3) is 2.95. The Morgan fingerprint density at radius 2 is 1.90 bits per heavy atom. The van der Waals surface area contributed by atoms with Crippen LogP contribution < -0.4 is 0 Å². The molecule has 0 unspecified atom stereocenters. The zero-order chi connectivity index (χ0) is 15.7. The quantitative estimate of drug-likeness (QED) is 0.925. The molecule has 1 saturated heterocycles. The van der Waals surface area contributed by atoms with Gasteiger partial charge in [0.15, 0.2) is 11.6 Å². The maximum Gasteiger partial charge on any atom is 0.246 e. The summed E-state index contributed by atoms with van der Waals surface area (Å²) in [6, 6.07) is 3.14. The smallest absolute Gasteiger partial charge is 0.246 e. The third-order valence-electron chi connectivity index (χ3n) is 4.40. The van der Waals surface area contributed by atoms with Gasteiger partial charge in [-0.2, -0.15) is 4.31 Å². The Labute approximate surface area is 123 Å². The molecule has 0 saturated carbocycles. The summed E-state index contributed by atoms with van der Waals surface area (Å²) in [6.45, 7) is 2.36. The monoisotopic (exact) mass is 319 g/mol. The number of piperidine rings is 1. The molecule has 1 heterocycles. The first kappa shape index (κ1) is 16.3. The normalized spacial score (nSPS) is 19.6. The molecule has 7 heteroatoms. The topological polar surface area (TPSA) is 57.6 Å². The van der Waals surface area contributed by atoms with E-state index in [4.69, 9.17) is 0 Å². The predicted molar refractivity (Wildman–Crippen MR) is 74.2 cm³/mol. The summed E-state index contributed by atoms with van der Waals surface area (Å²) in [6.07, 6.45) is 1.78. The van der Waals surface area contributed by atoms with Crippen molar-refractivity contribution in [1.82, 2.24) is 4.31 Å². The molecule has 0 spiro atoms. The van der Waals surface area contributed by atoms with Crippen LogP contribution >= 0.6 is 0 Å². The Kier molecular flexibility index (Phi) is 4.65. The van der Waals surface area contributed by atoms with Crippen LogP contribution in [-0.2, 0) is 10.0 Å². The molecule has 1 aromatic rings. The van der Waals surface area contributed by atoms with E-state index in [0.717, 1.165) is 22.9 Å². The van der Waals surface area contributed by atoms with Gasteiger partial charge in [-0.25, -0.2) is 17.2 Å². The maximum atomic E-state index is 13.7. The molecule has 21 heavy (non-hydrogen) atoms. The lowest BCUT2D eigenvalue weighted by molar-refractivity contribution is 0.0647. The summed E-state index contributed by atoms with van der Waals surface area (Å²) in [5.41, 5.74) is -0.271. The molecule has 2 rings (SSSR count). The van der Waals surface area contributed by atoms with E-state index in [-0.39, 0.29) is 25.1 Å². The van der Waals surface area contributed by atoms with Crippen molar-refractivity contribution in [2.45, 2.75) is 31.1 Å². The van der Waals surface area contributed by atoms with Crippen molar-refractivity contribution in [3.05, 3.63) is 29.8 Å². The Bertz CT molecular complexity index is 605. The molecule has 118 valence electrons. The molecule has 0 atom stereocenters. The van der Waals surface area contributed by atoms with Gasteiger partial charge in [0.1, 0.15) is 4.90 Å². The van der Waals surface area contributed by atoms with Crippen molar-refractivity contribution < 1.29 is 22.3 Å². The highest BCUT2D eigenvalue weighted by atomic mass is 32.2. The lowest BCUT2D eigenvalue weighted by Gasteiger charge is -2.39. The van der Waals surface area contributed by atoms with E-state index in [2.05, 4.69) is 0 Å². The highest BCUT2D eigenvalue weighted by Gasteiger charge is 2.38. The van der Waals surface area contributed by atoms with Crippen LogP contribution in [0.2, 0.25) is 0 Å². The van der Waals surface area contributed by atoms with Gasteiger partial charge in [-0.05, 0) is 36.8 Å². The molecule has 1 N–H and O–H groups in total. The highest BCUT2D eigenvalue weighted by Crippen LogP contribution is 2.36. The van der Waals surface area contributed by atoms with Crippen molar-refractivity contribution in [3.8, 4) is 0 Å². The van der Waals surface area contributed by atoms with Crippen molar-refractivity contribution in [1.29, 1.82) is 0 Å². The lowest BCUT2D eigenvalue weighted by atomic mass is 9.77. The fourth-order valence-electron chi connectivity index (χ4n) is 2.65. The number of hydrogen-bond donors (Lipinski definition) is 1. The molecular formula is C14H19F2NO3S.